The summed E-state index contributed by atoms with van der Waals surface area (Å²) in [6, 6.07) is 0. The lowest BCUT2D eigenvalue weighted by atomic mass is 10.0. The molecule has 0 rings (SSSR count). The van der Waals surface area contributed by atoms with Gasteiger partial charge in [-0.15, -0.1) is 0 Å². The molecule has 0 aromatic heterocycles. The zero-order valence-corrected chi connectivity index (χ0v) is 16.5. The highest BCUT2D eigenvalue weighted by molar-refractivity contribution is 5.81. The van der Waals surface area contributed by atoms with Crippen molar-refractivity contribution < 1.29 is 9.53 Å². The highest BCUT2D eigenvalue weighted by atomic mass is 16.5. The molecule has 0 N–H and O–H groups in total. The van der Waals surface area contributed by atoms with E-state index in [-0.39, 0.29) is 5.97 Å². The van der Waals surface area contributed by atoms with Crippen LogP contribution in [0.3, 0.4) is 0 Å². The molecule has 1 unspecified atom stereocenters. The third-order valence-electron chi connectivity index (χ3n) is 4.73. The number of esters is 1. The van der Waals surface area contributed by atoms with Gasteiger partial charge in [0.05, 0.1) is 6.61 Å². The van der Waals surface area contributed by atoms with Crippen molar-refractivity contribution in [2.45, 2.75) is 110 Å². The molecule has 2 heteroatoms. The first-order valence-corrected chi connectivity index (χ1v) is 10.5. The van der Waals surface area contributed by atoms with Crippen molar-refractivity contribution in [3.8, 4) is 0 Å². The Hall–Kier alpha value is -0.790. The fraction of sp³-hybridized carbons (Fsp3) is 0.864. The van der Waals surface area contributed by atoms with E-state index in [1.807, 2.05) is 0 Å². The molecule has 0 fully saturated rings. The van der Waals surface area contributed by atoms with Gasteiger partial charge in [0.2, 0.25) is 0 Å². The quantitative estimate of drug-likeness (QED) is 0.150. The molecule has 0 spiro atoms. The summed E-state index contributed by atoms with van der Waals surface area (Å²) < 4.78 is 5.07. The molecule has 0 bridgehead atoms. The molecule has 0 amide bonds. The van der Waals surface area contributed by atoms with Gasteiger partial charge in [-0.25, -0.2) is 4.79 Å². The second-order valence-electron chi connectivity index (χ2n) is 7.32. The number of carbonyl (C=O) groups excluding carboxylic acids is 1. The van der Waals surface area contributed by atoms with Crippen LogP contribution < -0.4 is 0 Å². The largest absolute Gasteiger partial charge is 0.462 e. The van der Waals surface area contributed by atoms with Crippen LogP contribution in [0.15, 0.2) is 12.7 Å². The van der Waals surface area contributed by atoms with E-state index in [0.717, 1.165) is 6.42 Å². The SMILES string of the molecule is C=CC(=O)OCC(C)CCCCCCCCCCCCCCCC. The van der Waals surface area contributed by atoms with Gasteiger partial charge in [-0.1, -0.05) is 110 Å². The predicted molar refractivity (Wildman–Crippen MR) is 105 cm³/mol. The molecule has 2 nitrogen and oxygen atoms in total. The number of hydrogen-bond acceptors (Lipinski definition) is 2. The maximum atomic E-state index is 11.0. The van der Waals surface area contributed by atoms with Gasteiger partial charge in [-0.2, -0.15) is 0 Å². The smallest absolute Gasteiger partial charge is 0.330 e. The Morgan fingerprint density at radius 3 is 1.67 bits per heavy atom. The molecule has 142 valence electrons. The average molecular weight is 339 g/mol. The van der Waals surface area contributed by atoms with Crippen LogP contribution in [-0.4, -0.2) is 12.6 Å². The standard InChI is InChI=1S/C22H42O2/c1-4-6-7-8-9-10-11-12-13-14-15-16-17-18-19-21(3)20-24-22(23)5-2/h5,21H,2,4,6-20H2,1,3H3. The van der Waals surface area contributed by atoms with Crippen LogP contribution in [0.5, 0.6) is 0 Å². The second kappa shape index (κ2) is 18.5. The molecular weight excluding hydrogens is 296 g/mol. The van der Waals surface area contributed by atoms with E-state index in [0.29, 0.717) is 12.5 Å². The Balaban J connectivity index is 3.14. The highest BCUT2D eigenvalue weighted by Crippen LogP contribution is 2.15. The molecule has 0 aliphatic heterocycles. The van der Waals surface area contributed by atoms with Gasteiger partial charge in [0.15, 0.2) is 0 Å². The summed E-state index contributed by atoms with van der Waals surface area (Å²) in [4.78, 5) is 11.0. The monoisotopic (exact) mass is 338 g/mol. The summed E-state index contributed by atoms with van der Waals surface area (Å²) >= 11 is 0. The first kappa shape index (κ1) is 23.2. The van der Waals surface area contributed by atoms with Gasteiger partial charge in [0, 0.05) is 6.08 Å². The van der Waals surface area contributed by atoms with Crippen LogP contribution in [0.1, 0.15) is 110 Å². The number of unbranched alkanes of at least 4 members (excludes halogenated alkanes) is 13. The normalized spacial score (nSPS) is 12.1. The van der Waals surface area contributed by atoms with Gasteiger partial charge in [-0.3, -0.25) is 0 Å². The molecule has 0 aromatic carbocycles. The topological polar surface area (TPSA) is 26.3 Å². The van der Waals surface area contributed by atoms with Crippen molar-refractivity contribution in [1.29, 1.82) is 0 Å². The lowest BCUT2D eigenvalue weighted by Crippen LogP contribution is -2.09. The van der Waals surface area contributed by atoms with E-state index in [1.54, 1.807) is 0 Å². The lowest BCUT2D eigenvalue weighted by Gasteiger charge is -2.10. The fourth-order valence-corrected chi connectivity index (χ4v) is 3.05. The summed E-state index contributed by atoms with van der Waals surface area (Å²) in [6.45, 7) is 8.37. The van der Waals surface area contributed by atoms with E-state index in [4.69, 9.17) is 4.74 Å². The molecule has 0 heterocycles. The van der Waals surface area contributed by atoms with E-state index in [2.05, 4.69) is 20.4 Å². The van der Waals surface area contributed by atoms with E-state index >= 15 is 0 Å². The zero-order valence-electron chi connectivity index (χ0n) is 16.5. The predicted octanol–water partition coefficient (Wildman–Crippen LogP) is 7.22. The number of ether oxygens (including phenoxy) is 1. The van der Waals surface area contributed by atoms with Crippen LogP contribution in [0.25, 0.3) is 0 Å². The Morgan fingerprint density at radius 1 is 0.833 bits per heavy atom. The molecular formula is C22H42O2. The van der Waals surface area contributed by atoms with Crippen molar-refractivity contribution in [3.63, 3.8) is 0 Å². The molecule has 24 heavy (non-hydrogen) atoms. The third kappa shape index (κ3) is 17.6. The summed E-state index contributed by atoms with van der Waals surface area (Å²) in [5, 5.41) is 0. The Bertz CT molecular complexity index is 286. The Labute approximate surface area is 151 Å². The van der Waals surface area contributed by atoms with Crippen molar-refractivity contribution >= 4 is 5.97 Å². The molecule has 0 aliphatic carbocycles. The molecule has 1 atom stereocenters. The van der Waals surface area contributed by atoms with Crippen LogP contribution >= 0.6 is 0 Å². The minimum absolute atomic E-state index is 0.303. The first-order valence-electron chi connectivity index (χ1n) is 10.5. The second-order valence-corrected chi connectivity index (χ2v) is 7.32. The molecule has 0 aromatic rings. The summed E-state index contributed by atoms with van der Waals surface area (Å²) in [7, 11) is 0. The average Bonchev–Trinajstić information content (AvgIpc) is 2.59. The van der Waals surface area contributed by atoms with E-state index in [9.17, 15) is 4.79 Å². The Kier molecular flexibility index (Phi) is 17.9. The van der Waals surface area contributed by atoms with Crippen molar-refractivity contribution in [1.82, 2.24) is 0 Å². The van der Waals surface area contributed by atoms with Gasteiger partial charge < -0.3 is 4.74 Å². The summed E-state index contributed by atoms with van der Waals surface area (Å²) in [6.07, 6.45) is 21.9. The number of hydrogen-bond donors (Lipinski definition) is 0. The van der Waals surface area contributed by atoms with Crippen LogP contribution in [0.2, 0.25) is 0 Å². The summed E-state index contributed by atoms with van der Waals surface area (Å²) in [5.41, 5.74) is 0. The van der Waals surface area contributed by atoms with Crippen molar-refractivity contribution in [3.05, 3.63) is 12.7 Å². The van der Waals surface area contributed by atoms with Crippen molar-refractivity contribution in [2.75, 3.05) is 6.61 Å². The van der Waals surface area contributed by atoms with E-state index in [1.165, 1.54) is 96.0 Å². The third-order valence-corrected chi connectivity index (χ3v) is 4.73. The maximum Gasteiger partial charge on any atom is 0.330 e. The fourth-order valence-electron chi connectivity index (χ4n) is 3.05. The van der Waals surface area contributed by atoms with Gasteiger partial charge in [0.25, 0.3) is 0 Å². The van der Waals surface area contributed by atoms with Crippen molar-refractivity contribution in [2.24, 2.45) is 5.92 Å². The van der Waals surface area contributed by atoms with E-state index < -0.39 is 0 Å². The Morgan fingerprint density at radius 2 is 1.25 bits per heavy atom. The van der Waals surface area contributed by atoms with Crippen LogP contribution in [0.4, 0.5) is 0 Å². The molecule has 0 aliphatic rings. The minimum Gasteiger partial charge on any atom is -0.462 e. The minimum atomic E-state index is -0.303. The first-order chi connectivity index (χ1) is 11.7. The number of carbonyl (C=O) groups is 1. The number of rotatable bonds is 18. The highest BCUT2D eigenvalue weighted by Gasteiger charge is 2.04. The summed E-state index contributed by atoms with van der Waals surface area (Å²) in [5.74, 6) is 0.161. The molecule has 0 saturated carbocycles. The maximum absolute atomic E-state index is 11.0. The lowest BCUT2D eigenvalue weighted by molar-refractivity contribution is -0.139. The van der Waals surface area contributed by atoms with Gasteiger partial charge >= 0.3 is 5.97 Å². The van der Waals surface area contributed by atoms with Gasteiger partial charge in [0.1, 0.15) is 0 Å². The van der Waals surface area contributed by atoms with Crippen LogP contribution in [-0.2, 0) is 9.53 Å². The van der Waals surface area contributed by atoms with Gasteiger partial charge in [-0.05, 0) is 12.3 Å². The zero-order chi connectivity index (χ0) is 17.9. The molecule has 0 saturated heterocycles. The van der Waals surface area contributed by atoms with Crippen LogP contribution in [0, 0.1) is 5.92 Å². The molecule has 0 radical (unpaired) electrons.